The molecule has 25 heavy (non-hydrogen) atoms. The Labute approximate surface area is 154 Å². The fraction of sp³-hybridized carbons (Fsp3) is 0.739. The van der Waals surface area contributed by atoms with Gasteiger partial charge in [0.2, 0.25) is 0 Å². The van der Waals surface area contributed by atoms with Gasteiger partial charge in [-0.25, -0.2) is 0 Å². The molecule has 1 aliphatic heterocycles. The van der Waals surface area contributed by atoms with Crippen LogP contribution in [0, 0.1) is 0 Å². The normalized spacial score (nSPS) is 25.4. The van der Waals surface area contributed by atoms with Crippen LogP contribution in [0.1, 0.15) is 89.7 Å². The topological polar surface area (TPSA) is 12.5 Å². The molecule has 140 valence electrons. The van der Waals surface area contributed by atoms with Crippen LogP contribution in [0.15, 0.2) is 18.2 Å². The third-order valence-corrected chi connectivity index (χ3v) is 6.76. The molecular formula is C23H37NO. The van der Waals surface area contributed by atoms with Gasteiger partial charge in [0.15, 0.2) is 0 Å². The van der Waals surface area contributed by atoms with Crippen LogP contribution < -0.4 is 4.74 Å². The summed E-state index contributed by atoms with van der Waals surface area (Å²) in [5, 5.41) is 0. The maximum Gasteiger partial charge on any atom is 0.119 e. The molecule has 1 saturated heterocycles. The molecule has 1 unspecified atom stereocenters. The van der Waals surface area contributed by atoms with E-state index < -0.39 is 0 Å². The number of benzene rings is 1. The number of ether oxygens (including phenoxy) is 1. The van der Waals surface area contributed by atoms with Gasteiger partial charge in [-0.3, -0.25) is 4.90 Å². The number of methoxy groups -OCH3 is 1. The van der Waals surface area contributed by atoms with Gasteiger partial charge in [-0.05, 0) is 115 Å². The van der Waals surface area contributed by atoms with E-state index in [4.69, 9.17) is 4.74 Å². The molecule has 2 nitrogen and oxygen atoms in total. The van der Waals surface area contributed by atoms with E-state index in [2.05, 4.69) is 50.8 Å². The molecule has 1 fully saturated rings. The molecule has 0 saturated carbocycles. The van der Waals surface area contributed by atoms with Crippen molar-refractivity contribution in [2.24, 2.45) is 0 Å². The summed E-state index contributed by atoms with van der Waals surface area (Å²) in [5.41, 5.74) is 3.80. The molecule has 0 radical (unpaired) electrons. The van der Waals surface area contributed by atoms with Gasteiger partial charge in [-0.15, -0.1) is 0 Å². The summed E-state index contributed by atoms with van der Waals surface area (Å²) in [6, 6.07) is 6.74. The third-order valence-electron chi connectivity index (χ3n) is 6.76. The van der Waals surface area contributed by atoms with Crippen molar-refractivity contribution < 1.29 is 4.74 Å². The van der Waals surface area contributed by atoms with Crippen molar-refractivity contribution in [2.45, 2.75) is 96.1 Å². The second-order valence-corrected chi connectivity index (χ2v) is 9.43. The number of nitrogens with zero attached hydrogens (tertiary/aromatic N) is 1. The number of fused-ring (bicyclic) bond motifs is 1. The Morgan fingerprint density at radius 1 is 1.08 bits per heavy atom. The molecule has 2 heteroatoms. The van der Waals surface area contributed by atoms with Crippen LogP contribution in [0.25, 0.3) is 0 Å². The van der Waals surface area contributed by atoms with Gasteiger partial charge >= 0.3 is 0 Å². The average molecular weight is 344 g/mol. The Morgan fingerprint density at radius 2 is 1.80 bits per heavy atom. The van der Waals surface area contributed by atoms with Crippen LogP contribution in [0.3, 0.4) is 0 Å². The lowest BCUT2D eigenvalue weighted by Crippen LogP contribution is -2.58. The van der Waals surface area contributed by atoms with E-state index in [9.17, 15) is 0 Å². The highest BCUT2D eigenvalue weighted by Crippen LogP contribution is 2.40. The van der Waals surface area contributed by atoms with E-state index in [1.165, 1.54) is 63.5 Å². The quantitative estimate of drug-likeness (QED) is 0.656. The monoisotopic (exact) mass is 343 g/mol. The number of rotatable bonds is 5. The highest BCUT2D eigenvalue weighted by atomic mass is 16.5. The molecule has 0 aromatic heterocycles. The zero-order chi connectivity index (χ0) is 18.1. The standard InChI is InChI=1S/C23H37NO/c1-22(2)14-8-15-23(3,4)24(22)16-7-11-18-9-6-10-19-17-20(25-5)12-13-21(18)19/h12-13,17-18H,6-11,14-16H2,1-5H3. The van der Waals surface area contributed by atoms with Gasteiger partial charge in [0.25, 0.3) is 0 Å². The first-order valence-corrected chi connectivity index (χ1v) is 10.3. The molecule has 1 atom stereocenters. The average Bonchev–Trinajstić information content (AvgIpc) is 2.56. The van der Waals surface area contributed by atoms with Gasteiger partial charge < -0.3 is 4.74 Å². The maximum absolute atomic E-state index is 5.42. The van der Waals surface area contributed by atoms with Gasteiger partial charge in [0.1, 0.15) is 5.75 Å². The van der Waals surface area contributed by atoms with E-state index >= 15 is 0 Å². The van der Waals surface area contributed by atoms with Gasteiger partial charge in [-0.1, -0.05) is 6.07 Å². The molecule has 1 aromatic rings. The molecule has 0 amide bonds. The first-order valence-electron chi connectivity index (χ1n) is 10.3. The smallest absolute Gasteiger partial charge is 0.119 e. The molecule has 0 spiro atoms. The van der Waals surface area contributed by atoms with Crippen molar-refractivity contribution in [3.05, 3.63) is 29.3 Å². The maximum atomic E-state index is 5.42. The summed E-state index contributed by atoms with van der Waals surface area (Å²) in [7, 11) is 1.77. The number of hydrogen-bond donors (Lipinski definition) is 0. The van der Waals surface area contributed by atoms with Crippen LogP contribution in [-0.2, 0) is 6.42 Å². The summed E-state index contributed by atoms with van der Waals surface area (Å²) >= 11 is 0. The molecule has 2 aliphatic rings. The minimum Gasteiger partial charge on any atom is -0.497 e. The van der Waals surface area contributed by atoms with E-state index in [0.717, 1.165) is 11.7 Å². The summed E-state index contributed by atoms with van der Waals surface area (Å²) in [5.74, 6) is 1.75. The Bertz CT molecular complexity index is 574. The molecule has 1 aliphatic carbocycles. The van der Waals surface area contributed by atoms with Crippen LogP contribution in [-0.4, -0.2) is 29.6 Å². The minimum atomic E-state index is 0.347. The lowest BCUT2D eigenvalue weighted by Gasteiger charge is -2.53. The predicted molar refractivity (Wildman–Crippen MR) is 107 cm³/mol. The third kappa shape index (κ3) is 4.05. The van der Waals surface area contributed by atoms with Crippen LogP contribution in [0.5, 0.6) is 5.75 Å². The van der Waals surface area contributed by atoms with Crippen molar-refractivity contribution in [1.29, 1.82) is 0 Å². The van der Waals surface area contributed by atoms with Crippen molar-refractivity contribution in [1.82, 2.24) is 4.90 Å². The van der Waals surface area contributed by atoms with E-state index in [1.807, 2.05) is 0 Å². The molecule has 0 N–H and O–H groups in total. The lowest BCUT2D eigenvalue weighted by molar-refractivity contribution is -0.0279. The summed E-state index contributed by atoms with van der Waals surface area (Å²) in [4.78, 5) is 2.79. The van der Waals surface area contributed by atoms with Gasteiger partial charge in [-0.2, -0.15) is 0 Å². The number of hydrogen-bond acceptors (Lipinski definition) is 2. The van der Waals surface area contributed by atoms with Crippen molar-refractivity contribution in [3.8, 4) is 5.75 Å². The summed E-state index contributed by atoms with van der Waals surface area (Å²) in [6.45, 7) is 11.0. The SMILES string of the molecule is COc1ccc2c(c1)CCCC2CCCN1C(C)(C)CCCC1(C)C. The largest absolute Gasteiger partial charge is 0.497 e. The van der Waals surface area contributed by atoms with Crippen molar-refractivity contribution in [2.75, 3.05) is 13.7 Å². The van der Waals surface area contributed by atoms with Gasteiger partial charge in [0.05, 0.1) is 7.11 Å². The summed E-state index contributed by atoms with van der Waals surface area (Å²) < 4.78 is 5.42. The molecule has 1 heterocycles. The second-order valence-electron chi connectivity index (χ2n) is 9.43. The Kier molecular flexibility index (Phi) is 5.48. The Balaban J connectivity index is 1.63. The zero-order valence-corrected chi connectivity index (χ0v) is 17.0. The lowest BCUT2D eigenvalue weighted by atomic mass is 9.78. The number of piperidine rings is 1. The van der Waals surface area contributed by atoms with E-state index in [-0.39, 0.29) is 0 Å². The van der Waals surface area contributed by atoms with Crippen LogP contribution in [0.4, 0.5) is 0 Å². The predicted octanol–water partition coefficient (Wildman–Crippen LogP) is 5.94. The Morgan fingerprint density at radius 3 is 2.48 bits per heavy atom. The highest BCUT2D eigenvalue weighted by molar-refractivity contribution is 5.39. The molecule has 0 bridgehead atoms. The number of aryl methyl sites for hydroxylation is 1. The summed E-state index contributed by atoms with van der Waals surface area (Å²) in [6.07, 6.45) is 10.6. The van der Waals surface area contributed by atoms with Crippen LogP contribution >= 0.6 is 0 Å². The number of likely N-dealkylation sites (tertiary alicyclic amines) is 1. The minimum absolute atomic E-state index is 0.347. The van der Waals surface area contributed by atoms with Crippen molar-refractivity contribution >= 4 is 0 Å². The molecule has 1 aromatic carbocycles. The fourth-order valence-electron chi connectivity index (χ4n) is 5.46. The van der Waals surface area contributed by atoms with E-state index in [0.29, 0.717) is 11.1 Å². The second kappa shape index (κ2) is 7.31. The first-order chi connectivity index (χ1) is 11.8. The molecule has 3 rings (SSSR count). The van der Waals surface area contributed by atoms with Crippen molar-refractivity contribution in [3.63, 3.8) is 0 Å². The zero-order valence-electron chi connectivity index (χ0n) is 17.0. The van der Waals surface area contributed by atoms with E-state index in [1.54, 1.807) is 12.7 Å². The van der Waals surface area contributed by atoms with Gasteiger partial charge in [0, 0.05) is 11.1 Å². The first kappa shape index (κ1) is 18.8. The Hall–Kier alpha value is -1.02. The molecular weight excluding hydrogens is 306 g/mol. The fourth-order valence-corrected chi connectivity index (χ4v) is 5.46. The highest BCUT2D eigenvalue weighted by Gasteiger charge is 2.40. The van der Waals surface area contributed by atoms with Crippen LogP contribution in [0.2, 0.25) is 0 Å².